The first-order valence-electron chi connectivity index (χ1n) is 3.58. The minimum Gasteiger partial charge on any atom is -0.497 e. The minimum atomic E-state index is -3.68. The van der Waals surface area contributed by atoms with Gasteiger partial charge in [0.15, 0.2) is 0 Å². The standard InChI is InChI=1S/C8H7NO3S2/c1-12-7-2-4-8(5-3-7)14(10,11)9-6-13/h2-5H,1H3. The predicted octanol–water partition coefficient (Wildman–Crippen LogP) is 1.49. The van der Waals surface area contributed by atoms with E-state index in [4.69, 9.17) is 4.74 Å². The predicted molar refractivity (Wildman–Crippen MR) is 55.2 cm³/mol. The summed E-state index contributed by atoms with van der Waals surface area (Å²) in [6, 6.07) is 5.85. The SMILES string of the molecule is COc1ccc(S(=O)(=O)N=C=S)cc1. The van der Waals surface area contributed by atoms with Crippen LogP contribution < -0.4 is 4.74 Å². The fraction of sp³-hybridized carbons (Fsp3) is 0.125. The molecule has 0 saturated heterocycles. The van der Waals surface area contributed by atoms with Crippen molar-refractivity contribution in [2.45, 2.75) is 4.90 Å². The molecular formula is C8H7NO3S2. The Labute approximate surface area is 87.3 Å². The molecule has 0 N–H and O–H groups in total. The van der Waals surface area contributed by atoms with Crippen molar-refractivity contribution in [3.05, 3.63) is 24.3 Å². The molecular weight excluding hydrogens is 222 g/mol. The molecule has 4 nitrogen and oxygen atoms in total. The van der Waals surface area contributed by atoms with Gasteiger partial charge in [0.05, 0.1) is 17.2 Å². The van der Waals surface area contributed by atoms with Crippen LogP contribution in [0, 0.1) is 0 Å². The third-order valence-electron chi connectivity index (χ3n) is 1.51. The van der Waals surface area contributed by atoms with Crippen LogP contribution in [0.5, 0.6) is 5.75 Å². The zero-order valence-electron chi connectivity index (χ0n) is 7.30. The first-order valence-corrected chi connectivity index (χ1v) is 5.43. The lowest BCUT2D eigenvalue weighted by Crippen LogP contribution is -1.95. The van der Waals surface area contributed by atoms with Gasteiger partial charge in [-0.15, -0.1) is 4.40 Å². The normalized spacial score (nSPS) is 10.4. The molecule has 1 aromatic carbocycles. The van der Waals surface area contributed by atoms with E-state index < -0.39 is 10.0 Å². The summed E-state index contributed by atoms with van der Waals surface area (Å²) in [7, 11) is -2.18. The van der Waals surface area contributed by atoms with Gasteiger partial charge in [0.1, 0.15) is 5.75 Å². The molecule has 0 saturated carbocycles. The molecule has 0 amide bonds. The van der Waals surface area contributed by atoms with Gasteiger partial charge < -0.3 is 4.74 Å². The van der Waals surface area contributed by atoms with Gasteiger partial charge in [-0.2, -0.15) is 8.42 Å². The number of hydrogen-bond donors (Lipinski definition) is 0. The van der Waals surface area contributed by atoms with Crippen molar-refractivity contribution in [1.82, 2.24) is 0 Å². The van der Waals surface area contributed by atoms with Crippen LogP contribution in [0.2, 0.25) is 0 Å². The molecule has 0 aliphatic carbocycles. The van der Waals surface area contributed by atoms with Gasteiger partial charge in [-0.25, -0.2) is 0 Å². The quantitative estimate of drug-likeness (QED) is 0.582. The zero-order chi connectivity index (χ0) is 10.6. The van der Waals surface area contributed by atoms with Crippen molar-refractivity contribution in [2.24, 2.45) is 4.40 Å². The monoisotopic (exact) mass is 229 g/mol. The highest BCUT2D eigenvalue weighted by molar-refractivity contribution is 7.91. The maximum atomic E-state index is 11.3. The van der Waals surface area contributed by atoms with Crippen LogP contribution in [0.3, 0.4) is 0 Å². The molecule has 1 rings (SSSR count). The van der Waals surface area contributed by atoms with E-state index in [1.807, 2.05) is 5.16 Å². The fourth-order valence-electron chi connectivity index (χ4n) is 0.849. The van der Waals surface area contributed by atoms with Gasteiger partial charge in [0.25, 0.3) is 10.0 Å². The van der Waals surface area contributed by atoms with Crippen LogP contribution in [-0.4, -0.2) is 20.7 Å². The molecule has 1 aromatic rings. The van der Waals surface area contributed by atoms with Crippen molar-refractivity contribution in [1.29, 1.82) is 0 Å². The van der Waals surface area contributed by atoms with Gasteiger partial charge in [0.2, 0.25) is 0 Å². The summed E-state index contributed by atoms with van der Waals surface area (Å²) >= 11 is 4.23. The summed E-state index contributed by atoms with van der Waals surface area (Å²) in [5, 5.41) is 1.82. The summed E-state index contributed by atoms with van der Waals surface area (Å²) in [5.41, 5.74) is 0. The molecule has 0 aliphatic heterocycles. The van der Waals surface area contributed by atoms with Gasteiger partial charge >= 0.3 is 0 Å². The van der Waals surface area contributed by atoms with Crippen LogP contribution in [0.1, 0.15) is 0 Å². The second-order valence-corrected chi connectivity index (χ2v) is 4.12. The number of thiocarbonyl (C=S) groups is 1. The molecule has 0 aliphatic rings. The highest BCUT2D eigenvalue weighted by atomic mass is 32.2. The molecule has 0 radical (unpaired) electrons. The largest absolute Gasteiger partial charge is 0.497 e. The number of sulfonamides is 1. The van der Waals surface area contributed by atoms with Crippen LogP contribution >= 0.6 is 12.2 Å². The molecule has 0 bridgehead atoms. The Morgan fingerprint density at radius 1 is 1.36 bits per heavy atom. The molecule has 0 heterocycles. The molecule has 0 fully saturated rings. The Morgan fingerprint density at radius 2 is 1.93 bits per heavy atom. The summed E-state index contributed by atoms with van der Waals surface area (Å²) in [6.07, 6.45) is 0. The van der Waals surface area contributed by atoms with Crippen molar-refractivity contribution in [3.8, 4) is 5.75 Å². The summed E-state index contributed by atoms with van der Waals surface area (Å²) in [6.45, 7) is 0. The van der Waals surface area contributed by atoms with E-state index in [2.05, 4.69) is 16.6 Å². The lowest BCUT2D eigenvalue weighted by Gasteiger charge is -1.99. The van der Waals surface area contributed by atoms with Crippen LogP contribution in [0.4, 0.5) is 0 Å². The van der Waals surface area contributed by atoms with E-state index in [1.54, 1.807) is 0 Å². The highest BCUT2D eigenvalue weighted by Gasteiger charge is 2.11. The number of benzene rings is 1. The smallest absolute Gasteiger partial charge is 0.290 e. The molecule has 14 heavy (non-hydrogen) atoms. The van der Waals surface area contributed by atoms with Crippen LogP contribution in [-0.2, 0) is 10.0 Å². The van der Waals surface area contributed by atoms with Gasteiger partial charge in [0, 0.05) is 0 Å². The van der Waals surface area contributed by atoms with Gasteiger partial charge in [-0.3, -0.25) is 0 Å². The van der Waals surface area contributed by atoms with Crippen LogP contribution in [0.15, 0.2) is 33.6 Å². The average Bonchev–Trinajstić information content (AvgIpc) is 2.18. The maximum absolute atomic E-state index is 11.3. The summed E-state index contributed by atoms with van der Waals surface area (Å²) in [4.78, 5) is 0.0654. The number of methoxy groups -OCH3 is 1. The molecule has 0 atom stereocenters. The van der Waals surface area contributed by atoms with Crippen molar-refractivity contribution >= 4 is 27.4 Å². The summed E-state index contributed by atoms with van der Waals surface area (Å²) < 4.78 is 30.5. The van der Waals surface area contributed by atoms with Crippen LogP contribution in [0.25, 0.3) is 0 Å². The molecule has 0 spiro atoms. The van der Waals surface area contributed by atoms with Crippen molar-refractivity contribution in [2.75, 3.05) is 7.11 Å². The third kappa shape index (κ3) is 2.38. The average molecular weight is 229 g/mol. The lowest BCUT2D eigenvalue weighted by atomic mass is 10.3. The third-order valence-corrected chi connectivity index (χ3v) is 2.92. The van der Waals surface area contributed by atoms with E-state index in [-0.39, 0.29) is 4.90 Å². The minimum absolute atomic E-state index is 0.0654. The van der Waals surface area contributed by atoms with Crippen molar-refractivity contribution < 1.29 is 13.2 Å². The van der Waals surface area contributed by atoms with E-state index in [0.29, 0.717) is 5.75 Å². The Hall–Kier alpha value is -1.23. The zero-order valence-corrected chi connectivity index (χ0v) is 8.93. The number of nitrogens with zero attached hydrogens (tertiary/aromatic N) is 1. The first kappa shape index (κ1) is 10.8. The number of hydrogen-bond acceptors (Lipinski definition) is 4. The molecule has 74 valence electrons. The second-order valence-electron chi connectivity index (χ2n) is 2.33. The molecule has 6 heteroatoms. The maximum Gasteiger partial charge on any atom is 0.290 e. The second kappa shape index (κ2) is 4.32. The van der Waals surface area contributed by atoms with Gasteiger partial charge in [-0.05, 0) is 36.5 Å². The summed E-state index contributed by atoms with van der Waals surface area (Å²) in [5.74, 6) is 0.579. The van der Waals surface area contributed by atoms with E-state index in [1.165, 1.54) is 31.4 Å². The first-order chi connectivity index (χ1) is 6.60. The lowest BCUT2D eigenvalue weighted by molar-refractivity contribution is 0.414. The Balaban J connectivity index is 3.16. The number of rotatable bonds is 3. The van der Waals surface area contributed by atoms with Crippen molar-refractivity contribution in [3.63, 3.8) is 0 Å². The van der Waals surface area contributed by atoms with E-state index in [0.717, 1.165) is 0 Å². The number of isothiocyanates is 1. The molecule has 0 aromatic heterocycles. The molecule has 0 unspecified atom stereocenters. The Bertz CT molecular complexity index is 458. The highest BCUT2D eigenvalue weighted by Crippen LogP contribution is 2.16. The van der Waals surface area contributed by atoms with E-state index in [9.17, 15) is 8.42 Å². The topological polar surface area (TPSA) is 55.7 Å². The Kier molecular flexibility index (Phi) is 3.35. The van der Waals surface area contributed by atoms with Gasteiger partial charge in [-0.1, -0.05) is 0 Å². The van der Waals surface area contributed by atoms with E-state index >= 15 is 0 Å². The number of ether oxygens (including phenoxy) is 1. The Morgan fingerprint density at radius 3 is 2.36 bits per heavy atom. The fourth-order valence-corrected chi connectivity index (χ4v) is 1.83.